The fourth-order valence-electron chi connectivity index (χ4n) is 2.36. The lowest BCUT2D eigenvalue weighted by Crippen LogP contribution is -1.99. The molecule has 0 radical (unpaired) electrons. The van der Waals surface area contributed by atoms with Gasteiger partial charge in [-0.15, -0.1) is 0 Å². The first kappa shape index (κ1) is 12.4. The van der Waals surface area contributed by atoms with Crippen LogP contribution in [0.25, 0.3) is 10.9 Å². The van der Waals surface area contributed by atoms with Crippen LogP contribution in [0.15, 0.2) is 48.7 Å². The molecular weight excluding hydrogens is 258 g/mol. The topological polar surface area (TPSA) is 28.7 Å². The molecule has 0 fully saturated rings. The molecule has 0 saturated heterocycles. The van der Waals surface area contributed by atoms with Gasteiger partial charge in [-0.2, -0.15) is 5.26 Å². The Kier molecular flexibility index (Phi) is 2.96. The maximum Gasteiger partial charge on any atom is 0.126 e. The molecule has 1 heterocycles. The standard InChI is InChI=1S/C16H10F2N2/c17-13-6-11(7-14(18)8-13)10-20-5-4-15-12(9-19)2-1-3-16(15)20/h1-8H,10H2. The monoisotopic (exact) mass is 268 g/mol. The number of nitriles is 1. The Hall–Kier alpha value is -2.67. The van der Waals surface area contributed by atoms with Crippen LogP contribution in [0.2, 0.25) is 0 Å². The fraction of sp³-hybridized carbons (Fsp3) is 0.0625. The van der Waals surface area contributed by atoms with Crippen molar-refractivity contribution in [1.29, 1.82) is 5.26 Å². The molecule has 2 nitrogen and oxygen atoms in total. The first-order valence-corrected chi connectivity index (χ1v) is 6.10. The fourth-order valence-corrected chi connectivity index (χ4v) is 2.36. The van der Waals surface area contributed by atoms with Crippen molar-refractivity contribution in [3.63, 3.8) is 0 Å². The lowest BCUT2D eigenvalue weighted by atomic mass is 10.1. The number of halogens is 2. The van der Waals surface area contributed by atoms with Crippen molar-refractivity contribution in [2.75, 3.05) is 0 Å². The zero-order chi connectivity index (χ0) is 14.1. The summed E-state index contributed by atoms with van der Waals surface area (Å²) in [5.41, 5.74) is 2.00. The maximum absolute atomic E-state index is 13.2. The van der Waals surface area contributed by atoms with Crippen LogP contribution in [0, 0.1) is 23.0 Å². The van der Waals surface area contributed by atoms with E-state index in [1.807, 2.05) is 22.9 Å². The summed E-state index contributed by atoms with van der Waals surface area (Å²) < 4.78 is 28.3. The summed E-state index contributed by atoms with van der Waals surface area (Å²) in [5.74, 6) is -1.18. The molecule has 2 aromatic carbocycles. The molecule has 0 aliphatic carbocycles. The Bertz CT molecular complexity index is 808. The van der Waals surface area contributed by atoms with Crippen molar-refractivity contribution < 1.29 is 8.78 Å². The van der Waals surface area contributed by atoms with Crippen molar-refractivity contribution in [2.45, 2.75) is 6.54 Å². The van der Waals surface area contributed by atoms with Crippen molar-refractivity contribution >= 4 is 10.9 Å². The lowest BCUT2D eigenvalue weighted by molar-refractivity contribution is 0.578. The Labute approximate surface area is 114 Å². The normalized spacial score (nSPS) is 10.7. The summed E-state index contributed by atoms with van der Waals surface area (Å²) in [6, 6.07) is 12.9. The highest BCUT2D eigenvalue weighted by molar-refractivity contribution is 5.86. The molecular formula is C16H10F2N2. The Balaban J connectivity index is 2.05. The maximum atomic E-state index is 13.2. The third-order valence-electron chi connectivity index (χ3n) is 3.21. The number of rotatable bonds is 2. The summed E-state index contributed by atoms with van der Waals surface area (Å²) in [7, 11) is 0. The van der Waals surface area contributed by atoms with Gasteiger partial charge in [0.15, 0.2) is 0 Å². The zero-order valence-electron chi connectivity index (χ0n) is 10.5. The van der Waals surface area contributed by atoms with Gasteiger partial charge in [0.25, 0.3) is 0 Å². The summed E-state index contributed by atoms with van der Waals surface area (Å²) >= 11 is 0. The zero-order valence-corrected chi connectivity index (χ0v) is 10.5. The van der Waals surface area contributed by atoms with Crippen LogP contribution in [0.3, 0.4) is 0 Å². The summed E-state index contributed by atoms with van der Waals surface area (Å²) in [5, 5.41) is 9.89. The van der Waals surface area contributed by atoms with Crippen LogP contribution in [-0.4, -0.2) is 4.57 Å². The van der Waals surface area contributed by atoms with Crippen molar-refractivity contribution in [3.05, 3.63) is 71.4 Å². The highest BCUT2D eigenvalue weighted by Crippen LogP contribution is 2.21. The molecule has 0 N–H and O–H groups in total. The van der Waals surface area contributed by atoms with Crippen LogP contribution in [0.1, 0.15) is 11.1 Å². The van der Waals surface area contributed by atoms with E-state index in [4.69, 9.17) is 5.26 Å². The van der Waals surface area contributed by atoms with E-state index in [0.717, 1.165) is 17.0 Å². The van der Waals surface area contributed by atoms with Crippen molar-refractivity contribution in [1.82, 2.24) is 4.57 Å². The molecule has 20 heavy (non-hydrogen) atoms. The van der Waals surface area contributed by atoms with E-state index in [0.29, 0.717) is 17.7 Å². The predicted octanol–water partition coefficient (Wildman–Crippen LogP) is 3.84. The van der Waals surface area contributed by atoms with E-state index in [9.17, 15) is 8.78 Å². The van der Waals surface area contributed by atoms with Crippen LogP contribution in [0.5, 0.6) is 0 Å². The minimum absolute atomic E-state index is 0.354. The van der Waals surface area contributed by atoms with E-state index >= 15 is 0 Å². The van der Waals surface area contributed by atoms with Gasteiger partial charge in [0.2, 0.25) is 0 Å². The average molecular weight is 268 g/mol. The van der Waals surface area contributed by atoms with Gasteiger partial charge in [0.1, 0.15) is 11.6 Å². The minimum atomic E-state index is -0.589. The number of benzene rings is 2. The highest BCUT2D eigenvalue weighted by atomic mass is 19.1. The number of nitrogens with zero attached hydrogens (tertiary/aromatic N) is 2. The van der Waals surface area contributed by atoms with Crippen molar-refractivity contribution in [2.24, 2.45) is 0 Å². The molecule has 4 heteroatoms. The average Bonchev–Trinajstić information content (AvgIpc) is 2.81. The van der Waals surface area contributed by atoms with Crippen LogP contribution in [-0.2, 0) is 6.54 Å². The molecule has 0 atom stereocenters. The van der Waals surface area contributed by atoms with Gasteiger partial charge in [-0.25, -0.2) is 8.78 Å². The van der Waals surface area contributed by atoms with Crippen molar-refractivity contribution in [3.8, 4) is 6.07 Å². The molecule has 0 saturated carbocycles. The van der Waals surface area contributed by atoms with Crippen LogP contribution < -0.4 is 0 Å². The largest absolute Gasteiger partial charge is 0.343 e. The summed E-state index contributed by atoms with van der Waals surface area (Å²) in [6.45, 7) is 0.354. The number of fused-ring (bicyclic) bond motifs is 1. The van der Waals surface area contributed by atoms with E-state index in [2.05, 4.69) is 6.07 Å². The molecule has 0 unspecified atom stereocenters. The molecule has 3 aromatic rings. The van der Waals surface area contributed by atoms with E-state index in [1.54, 1.807) is 12.1 Å². The van der Waals surface area contributed by atoms with Gasteiger partial charge in [-0.3, -0.25) is 0 Å². The van der Waals surface area contributed by atoms with Gasteiger partial charge in [-0.1, -0.05) is 6.07 Å². The first-order chi connectivity index (χ1) is 9.67. The first-order valence-electron chi connectivity index (χ1n) is 6.10. The van der Waals surface area contributed by atoms with Gasteiger partial charge >= 0.3 is 0 Å². The molecule has 1 aromatic heterocycles. The van der Waals surface area contributed by atoms with Crippen LogP contribution >= 0.6 is 0 Å². The molecule has 0 aliphatic heterocycles. The molecule has 0 amide bonds. The molecule has 0 spiro atoms. The lowest BCUT2D eigenvalue weighted by Gasteiger charge is -2.06. The van der Waals surface area contributed by atoms with E-state index in [-0.39, 0.29) is 0 Å². The highest BCUT2D eigenvalue weighted by Gasteiger charge is 2.07. The van der Waals surface area contributed by atoms with Crippen LogP contribution in [0.4, 0.5) is 8.78 Å². The molecule has 98 valence electrons. The Morgan fingerprint density at radius 3 is 2.50 bits per heavy atom. The van der Waals surface area contributed by atoms with E-state index < -0.39 is 11.6 Å². The second-order valence-corrected chi connectivity index (χ2v) is 4.57. The Morgan fingerprint density at radius 1 is 1.05 bits per heavy atom. The number of hydrogen-bond acceptors (Lipinski definition) is 1. The molecule has 0 aliphatic rings. The van der Waals surface area contributed by atoms with Gasteiger partial charge in [0.05, 0.1) is 11.6 Å². The molecule has 3 rings (SSSR count). The summed E-state index contributed by atoms with van der Waals surface area (Å²) in [4.78, 5) is 0. The second kappa shape index (κ2) is 4.78. The number of hydrogen-bond donors (Lipinski definition) is 0. The molecule has 0 bridgehead atoms. The smallest absolute Gasteiger partial charge is 0.126 e. The Morgan fingerprint density at radius 2 is 1.80 bits per heavy atom. The van der Waals surface area contributed by atoms with Gasteiger partial charge in [-0.05, 0) is 35.9 Å². The minimum Gasteiger partial charge on any atom is -0.343 e. The van der Waals surface area contributed by atoms with Gasteiger partial charge < -0.3 is 4.57 Å². The second-order valence-electron chi connectivity index (χ2n) is 4.57. The number of aromatic nitrogens is 1. The van der Waals surface area contributed by atoms with E-state index in [1.165, 1.54) is 12.1 Å². The summed E-state index contributed by atoms with van der Waals surface area (Å²) in [6.07, 6.45) is 1.81. The van der Waals surface area contributed by atoms with Gasteiger partial charge in [0, 0.05) is 29.7 Å². The predicted molar refractivity (Wildman–Crippen MR) is 72.1 cm³/mol. The quantitative estimate of drug-likeness (QED) is 0.694. The third kappa shape index (κ3) is 2.14. The third-order valence-corrected chi connectivity index (χ3v) is 3.21. The SMILES string of the molecule is N#Cc1cccc2c1ccn2Cc1cc(F)cc(F)c1.